The summed E-state index contributed by atoms with van der Waals surface area (Å²) in [6.07, 6.45) is 2.14. The molecule has 2 heteroatoms. The van der Waals surface area contributed by atoms with Crippen molar-refractivity contribution in [3.05, 3.63) is 0 Å². The smallest absolute Gasteiger partial charge is 0.0135 e. The van der Waals surface area contributed by atoms with Gasteiger partial charge in [-0.05, 0) is 40.4 Å². The molecule has 0 aliphatic carbocycles. The van der Waals surface area contributed by atoms with Gasteiger partial charge in [-0.1, -0.05) is 6.92 Å². The molecule has 0 heterocycles. The van der Waals surface area contributed by atoms with Crippen LogP contribution in [-0.4, -0.2) is 31.1 Å². The molecule has 0 fully saturated rings. The maximum atomic E-state index is 5.94. The quantitative estimate of drug-likeness (QED) is 0.639. The van der Waals surface area contributed by atoms with Crippen LogP contribution < -0.4 is 5.73 Å². The van der Waals surface area contributed by atoms with E-state index in [1.54, 1.807) is 0 Å². The van der Waals surface area contributed by atoms with Gasteiger partial charge in [-0.2, -0.15) is 0 Å². The largest absolute Gasteiger partial charge is 0.325 e. The number of nitrogens with zero attached hydrogens (tertiary/aromatic N) is 1. The summed E-state index contributed by atoms with van der Waals surface area (Å²) in [4.78, 5) is 2.17. The predicted octanol–water partition coefficient (Wildman–Crippen LogP) is 1.07. The zero-order chi connectivity index (χ0) is 8.20. The molecule has 0 aliphatic heterocycles. The van der Waals surface area contributed by atoms with Gasteiger partial charge in [-0.25, -0.2) is 0 Å². The molecule has 2 N–H and O–H groups in total. The third-order valence-corrected chi connectivity index (χ3v) is 1.94. The van der Waals surface area contributed by atoms with E-state index in [2.05, 4.69) is 32.8 Å². The van der Waals surface area contributed by atoms with E-state index in [9.17, 15) is 0 Å². The highest BCUT2D eigenvalue weighted by molar-refractivity contribution is 4.76. The van der Waals surface area contributed by atoms with Gasteiger partial charge in [-0.3, -0.25) is 0 Å². The zero-order valence-electron chi connectivity index (χ0n) is 7.65. The highest BCUT2D eigenvalue weighted by Gasteiger charge is 2.14. The SMILES string of the molecule is CCC(C)(N)CCN(C)C. The van der Waals surface area contributed by atoms with Crippen LogP contribution in [-0.2, 0) is 0 Å². The second-order valence-corrected chi connectivity index (χ2v) is 3.56. The minimum absolute atomic E-state index is 0.0320. The van der Waals surface area contributed by atoms with Crippen molar-refractivity contribution < 1.29 is 0 Å². The average molecular weight is 144 g/mol. The van der Waals surface area contributed by atoms with E-state index in [4.69, 9.17) is 5.73 Å². The van der Waals surface area contributed by atoms with Gasteiger partial charge in [-0.15, -0.1) is 0 Å². The van der Waals surface area contributed by atoms with Crippen molar-refractivity contribution in [2.45, 2.75) is 32.2 Å². The molecule has 2 nitrogen and oxygen atoms in total. The molecular formula is C8H20N2. The molecule has 0 saturated heterocycles. The van der Waals surface area contributed by atoms with Crippen molar-refractivity contribution in [1.29, 1.82) is 0 Å². The lowest BCUT2D eigenvalue weighted by Crippen LogP contribution is -2.38. The summed E-state index contributed by atoms with van der Waals surface area (Å²) < 4.78 is 0. The van der Waals surface area contributed by atoms with Gasteiger partial charge in [0.25, 0.3) is 0 Å². The van der Waals surface area contributed by atoms with Crippen LogP contribution in [0.2, 0.25) is 0 Å². The second kappa shape index (κ2) is 3.94. The molecule has 1 atom stereocenters. The lowest BCUT2D eigenvalue weighted by molar-refractivity contribution is 0.323. The molecule has 0 radical (unpaired) electrons. The summed E-state index contributed by atoms with van der Waals surface area (Å²) in [5.41, 5.74) is 5.97. The van der Waals surface area contributed by atoms with Crippen LogP contribution in [0.4, 0.5) is 0 Å². The molecule has 0 aliphatic rings. The van der Waals surface area contributed by atoms with Crippen LogP contribution in [0.1, 0.15) is 26.7 Å². The maximum absolute atomic E-state index is 5.94. The van der Waals surface area contributed by atoms with Gasteiger partial charge < -0.3 is 10.6 Å². The number of nitrogens with two attached hydrogens (primary N) is 1. The second-order valence-electron chi connectivity index (χ2n) is 3.56. The number of rotatable bonds is 4. The Morgan fingerprint density at radius 1 is 1.40 bits per heavy atom. The average Bonchev–Trinajstić information content (AvgIpc) is 1.85. The van der Waals surface area contributed by atoms with Gasteiger partial charge in [0, 0.05) is 5.54 Å². The highest BCUT2D eigenvalue weighted by atomic mass is 15.1. The highest BCUT2D eigenvalue weighted by Crippen LogP contribution is 2.09. The van der Waals surface area contributed by atoms with Crippen molar-refractivity contribution in [3.8, 4) is 0 Å². The molecular weight excluding hydrogens is 124 g/mol. The molecule has 0 amide bonds. The third-order valence-electron chi connectivity index (χ3n) is 1.94. The van der Waals surface area contributed by atoms with Gasteiger partial charge in [0.2, 0.25) is 0 Å². The first-order valence-electron chi connectivity index (χ1n) is 3.91. The van der Waals surface area contributed by atoms with Crippen molar-refractivity contribution in [3.63, 3.8) is 0 Å². The van der Waals surface area contributed by atoms with E-state index >= 15 is 0 Å². The van der Waals surface area contributed by atoms with Crippen molar-refractivity contribution in [1.82, 2.24) is 4.90 Å². The Kier molecular flexibility index (Phi) is 3.91. The van der Waals surface area contributed by atoms with Gasteiger partial charge in [0.15, 0.2) is 0 Å². The first kappa shape index (κ1) is 9.92. The summed E-state index contributed by atoms with van der Waals surface area (Å²) in [7, 11) is 4.15. The molecule has 0 bridgehead atoms. The zero-order valence-corrected chi connectivity index (χ0v) is 7.65. The predicted molar refractivity (Wildman–Crippen MR) is 46.1 cm³/mol. The summed E-state index contributed by atoms with van der Waals surface area (Å²) in [5, 5.41) is 0. The Morgan fingerprint density at radius 3 is 2.20 bits per heavy atom. The standard InChI is InChI=1S/C8H20N2/c1-5-8(2,9)6-7-10(3)4/h5-7,9H2,1-4H3. The topological polar surface area (TPSA) is 29.3 Å². The number of hydrogen-bond donors (Lipinski definition) is 1. The lowest BCUT2D eigenvalue weighted by Gasteiger charge is -2.24. The first-order valence-corrected chi connectivity index (χ1v) is 3.91. The van der Waals surface area contributed by atoms with E-state index in [-0.39, 0.29) is 5.54 Å². The van der Waals surface area contributed by atoms with Gasteiger partial charge in [0.1, 0.15) is 0 Å². The maximum Gasteiger partial charge on any atom is 0.0135 e. The van der Waals surface area contributed by atoms with Gasteiger partial charge >= 0.3 is 0 Å². The summed E-state index contributed by atoms with van der Waals surface area (Å²) in [6.45, 7) is 5.33. The molecule has 0 aromatic rings. The summed E-state index contributed by atoms with van der Waals surface area (Å²) in [5.74, 6) is 0. The normalized spacial score (nSPS) is 17.4. The van der Waals surface area contributed by atoms with Crippen LogP contribution in [0.3, 0.4) is 0 Å². The van der Waals surface area contributed by atoms with Crippen molar-refractivity contribution in [2.24, 2.45) is 5.73 Å². The van der Waals surface area contributed by atoms with E-state index in [1.165, 1.54) is 0 Å². The van der Waals surface area contributed by atoms with E-state index in [0.717, 1.165) is 19.4 Å². The third kappa shape index (κ3) is 4.77. The number of hydrogen-bond acceptors (Lipinski definition) is 2. The van der Waals surface area contributed by atoms with E-state index in [0.29, 0.717) is 0 Å². The monoisotopic (exact) mass is 144 g/mol. The molecule has 10 heavy (non-hydrogen) atoms. The lowest BCUT2D eigenvalue weighted by atomic mass is 9.96. The molecule has 0 aromatic heterocycles. The Morgan fingerprint density at radius 2 is 1.90 bits per heavy atom. The van der Waals surface area contributed by atoms with E-state index in [1.807, 2.05) is 0 Å². The first-order chi connectivity index (χ1) is 4.48. The molecule has 0 rings (SSSR count). The van der Waals surface area contributed by atoms with Crippen molar-refractivity contribution in [2.75, 3.05) is 20.6 Å². The van der Waals surface area contributed by atoms with Crippen LogP contribution in [0, 0.1) is 0 Å². The minimum atomic E-state index is 0.0320. The summed E-state index contributed by atoms with van der Waals surface area (Å²) in [6, 6.07) is 0. The molecule has 0 aromatic carbocycles. The fourth-order valence-corrected chi connectivity index (χ4v) is 0.656. The van der Waals surface area contributed by atoms with Crippen molar-refractivity contribution >= 4 is 0 Å². The Hall–Kier alpha value is -0.0800. The summed E-state index contributed by atoms with van der Waals surface area (Å²) >= 11 is 0. The van der Waals surface area contributed by atoms with Crippen LogP contribution in [0.15, 0.2) is 0 Å². The Labute approximate surface area is 64.4 Å². The fraction of sp³-hybridized carbons (Fsp3) is 1.00. The Balaban J connectivity index is 3.46. The van der Waals surface area contributed by atoms with E-state index < -0.39 is 0 Å². The van der Waals surface area contributed by atoms with Crippen LogP contribution in [0.5, 0.6) is 0 Å². The fourth-order valence-electron chi connectivity index (χ4n) is 0.656. The minimum Gasteiger partial charge on any atom is -0.325 e. The molecule has 0 spiro atoms. The van der Waals surface area contributed by atoms with Crippen LogP contribution >= 0.6 is 0 Å². The molecule has 62 valence electrons. The Bertz CT molecular complexity index is 87.3. The van der Waals surface area contributed by atoms with Crippen LogP contribution in [0.25, 0.3) is 0 Å². The molecule has 1 unspecified atom stereocenters. The molecule has 0 saturated carbocycles. The van der Waals surface area contributed by atoms with Gasteiger partial charge in [0.05, 0.1) is 0 Å².